The van der Waals surface area contributed by atoms with Crippen molar-refractivity contribution in [1.82, 2.24) is 15.4 Å². The number of rotatable bonds is 8. The number of para-hydroxylation sites is 1. The lowest BCUT2D eigenvalue weighted by atomic mass is 10.3. The molecule has 0 spiro atoms. The maximum Gasteiger partial charge on any atom is 0.184 e. The zero-order chi connectivity index (χ0) is 16.5. The molecule has 1 aromatic rings. The predicted octanol–water partition coefficient (Wildman–Crippen LogP) is 2.35. The minimum Gasteiger partial charge on any atom is -0.495 e. The van der Waals surface area contributed by atoms with Crippen molar-refractivity contribution < 1.29 is 9.94 Å². The van der Waals surface area contributed by atoms with Gasteiger partial charge in [0.15, 0.2) is 5.88 Å². The summed E-state index contributed by atoms with van der Waals surface area (Å²) in [6.07, 6.45) is 2.83. The van der Waals surface area contributed by atoms with Crippen LogP contribution in [-0.2, 0) is 4.84 Å². The molecule has 0 saturated carbocycles. The van der Waals surface area contributed by atoms with Gasteiger partial charge in [0.2, 0.25) is 0 Å². The summed E-state index contributed by atoms with van der Waals surface area (Å²) < 4.78 is 0. The van der Waals surface area contributed by atoms with Crippen molar-refractivity contribution in [3.05, 3.63) is 42.3 Å². The van der Waals surface area contributed by atoms with Crippen LogP contribution < -0.4 is 10.9 Å². The molecule has 1 heterocycles. The maximum absolute atomic E-state index is 10.3. The molecule has 1 fully saturated rings. The lowest BCUT2D eigenvalue weighted by molar-refractivity contribution is -0.176. The van der Waals surface area contributed by atoms with Gasteiger partial charge in [-0.3, -0.25) is 4.84 Å². The number of piperazine rings is 1. The van der Waals surface area contributed by atoms with Gasteiger partial charge in [0.05, 0.1) is 6.61 Å². The number of aliphatic hydroxyl groups is 1. The Balaban J connectivity index is 1.74. The molecule has 1 aliphatic heterocycles. The normalized spacial score (nSPS) is 18.0. The van der Waals surface area contributed by atoms with Crippen LogP contribution in [0.3, 0.4) is 0 Å². The van der Waals surface area contributed by atoms with Crippen LogP contribution in [0.25, 0.3) is 0 Å². The zero-order valence-electron chi connectivity index (χ0n) is 14.0. The molecule has 6 nitrogen and oxygen atoms in total. The van der Waals surface area contributed by atoms with Gasteiger partial charge in [-0.05, 0) is 31.6 Å². The fraction of sp³-hybridized carbons (Fsp3) is 0.529. The molecule has 0 aromatic heterocycles. The van der Waals surface area contributed by atoms with Crippen molar-refractivity contribution in [2.24, 2.45) is 0 Å². The van der Waals surface area contributed by atoms with Crippen molar-refractivity contribution in [1.29, 1.82) is 0 Å². The number of nitrogens with zero attached hydrogens (tertiary/aromatic N) is 2. The fourth-order valence-electron chi connectivity index (χ4n) is 2.36. The van der Waals surface area contributed by atoms with E-state index >= 15 is 0 Å². The molecule has 0 amide bonds. The Morgan fingerprint density at radius 1 is 1.26 bits per heavy atom. The smallest absolute Gasteiger partial charge is 0.184 e. The number of benzene rings is 1. The molecule has 128 valence electrons. The predicted molar refractivity (Wildman–Crippen MR) is 92.8 cm³/mol. The van der Waals surface area contributed by atoms with Gasteiger partial charge in [-0.25, -0.2) is 5.43 Å². The molecule has 1 aliphatic rings. The van der Waals surface area contributed by atoms with E-state index in [1.807, 2.05) is 53.3 Å². The van der Waals surface area contributed by atoms with E-state index < -0.39 is 0 Å². The molecule has 0 bridgehead atoms. The van der Waals surface area contributed by atoms with E-state index in [0.29, 0.717) is 5.88 Å². The van der Waals surface area contributed by atoms with Crippen molar-refractivity contribution in [2.75, 3.05) is 38.2 Å². The van der Waals surface area contributed by atoms with E-state index in [0.717, 1.165) is 44.9 Å². The number of hydrogen-bond donors (Lipinski definition) is 3. The Hall–Kier alpha value is -1.76. The number of hydrazine groups is 1. The highest BCUT2D eigenvalue weighted by Crippen LogP contribution is 2.09. The first-order valence-corrected chi connectivity index (χ1v) is 8.29. The number of hydroxylamine groups is 2. The summed E-state index contributed by atoms with van der Waals surface area (Å²) in [5.74, 6) is 0.315. The summed E-state index contributed by atoms with van der Waals surface area (Å²) in [6.45, 7) is 8.00. The molecule has 1 aromatic carbocycles. The Morgan fingerprint density at radius 3 is 2.61 bits per heavy atom. The summed E-state index contributed by atoms with van der Waals surface area (Å²) in [6, 6.07) is 9.90. The Bertz CT molecular complexity index is 473. The van der Waals surface area contributed by atoms with Gasteiger partial charge in [-0.15, -0.1) is 0 Å². The van der Waals surface area contributed by atoms with Gasteiger partial charge < -0.3 is 15.4 Å². The topological polar surface area (TPSA) is 60.0 Å². The third-order valence-corrected chi connectivity index (χ3v) is 3.66. The van der Waals surface area contributed by atoms with Gasteiger partial charge >= 0.3 is 0 Å². The molecule has 3 N–H and O–H groups in total. The van der Waals surface area contributed by atoms with E-state index in [9.17, 15) is 5.11 Å². The van der Waals surface area contributed by atoms with Crippen LogP contribution in [0.1, 0.15) is 20.3 Å². The fourth-order valence-corrected chi connectivity index (χ4v) is 2.36. The molecule has 1 unspecified atom stereocenters. The summed E-state index contributed by atoms with van der Waals surface area (Å²) in [5.41, 5.74) is 7.28. The van der Waals surface area contributed by atoms with Crippen molar-refractivity contribution in [2.45, 2.75) is 26.3 Å². The van der Waals surface area contributed by atoms with Gasteiger partial charge in [-0.1, -0.05) is 25.1 Å². The quantitative estimate of drug-likeness (QED) is 0.505. The minimum absolute atomic E-state index is 0.00424. The molecule has 1 saturated heterocycles. The number of aliphatic hydroxyl groups excluding tert-OH is 1. The summed E-state index contributed by atoms with van der Waals surface area (Å²) in [7, 11) is 0. The van der Waals surface area contributed by atoms with Crippen LogP contribution in [-0.4, -0.2) is 53.9 Å². The zero-order valence-corrected chi connectivity index (χ0v) is 14.0. The van der Waals surface area contributed by atoms with Crippen LogP contribution in [0.5, 0.6) is 0 Å². The van der Waals surface area contributed by atoms with Gasteiger partial charge in [-0.2, -0.15) is 5.06 Å². The molecule has 0 aliphatic carbocycles. The lowest BCUT2D eigenvalue weighted by Crippen LogP contribution is -2.46. The number of hydrogen-bond acceptors (Lipinski definition) is 6. The molecular formula is C17H28N4O2. The van der Waals surface area contributed by atoms with E-state index in [2.05, 4.69) is 17.8 Å². The Labute approximate surface area is 138 Å². The SMILES string of the molecule is CCCON1CCN(/C(O)=C/C(C)NNc2ccccc2)CC1. The molecule has 0 radical (unpaired) electrons. The number of anilines is 1. The van der Waals surface area contributed by atoms with Crippen LogP contribution in [0.2, 0.25) is 0 Å². The first-order chi connectivity index (χ1) is 11.2. The average Bonchev–Trinajstić information content (AvgIpc) is 2.59. The Kier molecular flexibility index (Phi) is 7.19. The first kappa shape index (κ1) is 17.6. The molecule has 23 heavy (non-hydrogen) atoms. The van der Waals surface area contributed by atoms with Crippen LogP contribution in [0, 0.1) is 0 Å². The van der Waals surface area contributed by atoms with Gasteiger partial charge in [0.1, 0.15) is 0 Å². The van der Waals surface area contributed by atoms with Crippen molar-refractivity contribution >= 4 is 5.69 Å². The minimum atomic E-state index is 0.00424. The van der Waals surface area contributed by atoms with E-state index in [-0.39, 0.29) is 6.04 Å². The highest BCUT2D eigenvalue weighted by Gasteiger charge is 2.19. The standard InChI is InChI=1S/C17H28N4O2/c1-3-13-23-21-11-9-20(10-12-21)17(22)14-15(2)18-19-16-7-5-4-6-8-16/h4-8,14-15,18-19,22H,3,9-13H2,1-2H3/b17-14-. The van der Waals surface area contributed by atoms with Gasteiger partial charge in [0.25, 0.3) is 0 Å². The third kappa shape index (κ3) is 6.09. The van der Waals surface area contributed by atoms with Crippen LogP contribution in [0.15, 0.2) is 42.3 Å². The second-order valence-corrected chi connectivity index (χ2v) is 5.70. The monoisotopic (exact) mass is 320 g/mol. The van der Waals surface area contributed by atoms with Crippen LogP contribution in [0.4, 0.5) is 5.69 Å². The van der Waals surface area contributed by atoms with Crippen LogP contribution >= 0.6 is 0 Å². The van der Waals surface area contributed by atoms with E-state index in [1.54, 1.807) is 0 Å². The van der Waals surface area contributed by atoms with E-state index in [4.69, 9.17) is 4.84 Å². The summed E-state index contributed by atoms with van der Waals surface area (Å²) >= 11 is 0. The molecule has 6 heteroatoms. The lowest BCUT2D eigenvalue weighted by Gasteiger charge is -2.34. The van der Waals surface area contributed by atoms with Crippen molar-refractivity contribution in [3.8, 4) is 0 Å². The maximum atomic E-state index is 10.3. The second-order valence-electron chi connectivity index (χ2n) is 5.70. The summed E-state index contributed by atoms with van der Waals surface area (Å²) in [5, 5.41) is 12.2. The molecular weight excluding hydrogens is 292 g/mol. The Morgan fingerprint density at radius 2 is 1.96 bits per heavy atom. The van der Waals surface area contributed by atoms with Gasteiger partial charge in [0, 0.05) is 37.9 Å². The largest absolute Gasteiger partial charge is 0.495 e. The van der Waals surface area contributed by atoms with Crippen molar-refractivity contribution in [3.63, 3.8) is 0 Å². The highest BCUT2D eigenvalue weighted by atomic mass is 16.7. The highest BCUT2D eigenvalue weighted by molar-refractivity contribution is 5.41. The number of nitrogens with one attached hydrogen (secondary N) is 2. The first-order valence-electron chi connectivity index (χ1n) is 8.29. The third-order valence-electron chi connectivity index (χ3n) is 3.66. The average molecular weight is 320 g/mol. The molecule has 1 atom stereocenters. The van der Waals surface area contributed by atoms with E-state index in [1.165, 1.54) is 0 Å². The second kappa shape index (κ2) is 9.39. The summed E-state index contributed by atoms with van der Waals surface area (Å²) in [4.78, 5) is 7.59. The molecule has 2 rings (SSSR count).